The van der Waals surface area contributed by atoms with Gasteiger partial charge in [0.2, 0.25) is 11.8 Å². The van der Waals surface area contributed by atoms with Crippen molar-refractivity contribution in [2.24, 2.45) is 5.41 Å². The van der Waals surface area contributed by atoms with Crippen molar-refractivity contribution >= 4 is 29.4 Å². The van der Waals surface area contributed by atoms with Crippen LogP contribution >= 0.6 is 11.8 Å². The minimum absolute atomic E-state index is 0.0623. The molecular formula is C19H24N2O3S. The number of rotatable bonds is 5. The molecule has 2 amide bonds. The number of allylic oxidation sites excluding steroid dienone is 1. The molecular weight excluding hydrogens is 336 g/mol. The van der Waals surface area contributed by atoms with Gasteiger partial charge < -0.3 is 5.32 Å². The zero-order valence-corrected chi connectivity index (χ0v) is 15.9. The second-order valence-electron chi connectivity index (χ2n) is 7.07. The summed E-state index contributed by atoms with van der Waals surface area (Å²) in [5, 5.41) is 3.44. The summed E-state index contributed by atoms with van der Waals surface area (Å²) in [4.78, 5) is 38.0. The van der Waals surface area contributed by atoms with Crippen LogP contribution in [-0.2, 0) is 14.4 Å². The van der Waals surface area contributed by atoms with Gasteiger partial charge in [0.05, 0.1) is 16.8 Å². The van der Waals surface area contributed by atoms with Crippen molar-refractivity contribution < 1.29 is 14.4 Å². The molecule has 1 heterocycles. The van der Waals surface area contributed by atoms with Gasteiger partial charge in [-0.15, -0.1) is 0 Å². The van der Waals surface area contributed by atoms with Crippen molar-refractivity contribution in [3.8, 4) is 0 Å². The number of nitrogens with zero attached hydrogens (tertiary/aromatic N) is 1. The SMILES string of the molecule is CC(NC(=O)CN1C(=O)CSC1=CC(=O)C(C)(C)C)c1ccccc1. The summed E-state index contributed by atoms with van der Waals surface area (Å²) < 4.78 is 0. The largest absolute Gasteiger partial charge is 0.348 e. The van der Waals surface area contributed by atoms with Crippen LogP contribution in [0.5, 0.6) is 0 Å². The van der Waals surface area contributed by atoms with Gasteiger partial charge in [0, 0.05) is 11.5 Å². The number of benzene rings is 1. The van der Waals surface area contributed by atoms with E-state index in [1.165, 1.54) is 22.7 Å². The molecule has 1 fully saturated rings. The van der Waals surface area contributed by atoms with Gasteiger partial charge >= 0.3 is 0 Å². The molecule has 0 bridgehead atoms. The predicted octanol–water partition coefficient (Wildman–Crippen LogP) is 2.90. The molecule has 0 spiro atoms. The van der Waals surface area contributed by atoms with E-state index in [-0.39, 0.29) is 35.9 Å². The average Bonchev–Trinajstić information content (AvgIpc) is 2.88. The fourth-order valence-electron chi connectivity index (χ4n) is 2.28. The number of carbonyl (C=O) groups is 3. The molecule has 0 radical (unpaired) electrons. The van der Waals surface area contributed by atoms with E-state index in [1.807, 2.05) is 58.0 Å². The lowest BCUT2D eigenvalue weighted by molar-refractivity contribution is -0.131. The van der Waals surface area contributed by atoms with E-state index >= 15 is 0 Å². The summed E-state index contributed by atoms with van der Waals surface area (Å²) in [6, 6.07) is 9.48. The molecule has 25 heavy (non-hydrogen) atoms. The highest BCUT2D eigenvalue weighted by Crippen LogP contribution is 2.30. The van der Waals surface area contributed by atoms with Crippen LogP contribution in [0.4, 0.5) is 0 Å². The highest BCUT2D eigenvalue weighted by Gasteiger charge is 2.31. The monoisotopic (exact) mass is 360 g/mol. The third kappa shape index (κ3) is 5.19. The lowest BCUT2D eigenvalue weighted by Crippen LogP contribution is -2.38. The molecule has 1 N–H and O–H groups in total. The molecule has 1 unspecified atom stereocenters. The first-order valence-electron chi connectivity index (χ1n) is 8.22. The fraction of sp³-hybridized carbons (Fsp3) is 0.421. The van der Waals surface area contributed by atoms with Crippen molar-refractivity contribution in [2.75, 3.05) is 12.3 Å². The Labute approximate surface area is 152 Å². The Hall–Kier alpha value is -2.08. The van der Waals surface area contributed by atoms with E-state index in [2.05, 4.69) is 5.32 Å². The highest BCUT2D eigenvalue weighted by molar-refractivity contribution is 8.04. The number of amides is 2. The normalized spacial score (nSPS) is 17.7. The third-order valence-corrected chi connectivity index (χ3v) is 4.91. The number of ketones is 1. The lowest BCUT2D eigenvalue weighted by Gasteiger charge is -2.20. The molecule has 0 aromatic heterocycles. The van der Waals surface area contributed by atoms with Crippen molar-refractivity contribution in [2.45, 2.75) is 33.7 Å². The number of hydrogen-bond acceptors (Lipinski definition) is 4. The molecule has 1 aromatic carbocycles. The molecule has 0 aliphatic carbocycles. The molecule has 134 valence electrons. The maximum absolute atomic E-state index is 12.3. The van der Waals surface area contributed by atoms with Gasteiger partial charge in [-0.05, 0) is 12.5 Å². The van der Waals surface area contributed by atoms with E-state index in [0.29, 0.717) is 5.03 Å². The number of nitrogens with one attached hydrogen (secondary N) is 1. The zero-order chi connectivity index (χ0) is 18.6. The summed E-state index contributed by atoms with van der Waals surface area (Å²) >= 11 is 1.30. The maximum atomic E-state index is 12.3. The summed E-state index contributed by atoms with van der Waals surface area (Å²) in [6.07, 6.45) is 1.48. The number of hydrogen-bond donors (Lipinski definition) is 1. The molecule has 2 rings (SSSR count). The van der Waals surface area contributed by atoms with E-state index in [9.17, 15) is 14.4 Å². The summed E-state index contributed by atoms with van der Waals surface area (Å²) in [7, 11) is 0. The average molecular weight is 360 g/mol. The smallest absolute Gasteiger partial charge is 0.240 e. The number of thioether (sulfide) groups is 1. The first-order chi connectivity index (χ1) is 11.7. The van der Waals surface area contributed by atoms with Gasteiger partial charge in [-0.25, -0.2) is 0 Å². The zero-order valence-electron chi connectivity index (χ0n) is 15.0. The topological polar surface area (TPSA) is 66.5 Å². The van der Waals surface area contributed by atoms with E-state index in [0.717, 1.165) is 5.56 Å². The van der Waals surface area contributed by atoms with E-state index in [4.69, 9.17) is 0 Å². The Morgan fingerprint density at radius 1 is 1.28 bits per heavy atom. The van der Waals surface area contributed by atoms with Crippen molar-refractivity contribution in [1.29, 1.82) is 0 Å². The van der Waals surface area contributed by atoms with Crippen LogP contribution < -0.4 is 5.32 Å². The summed E-state index contributed by atoms with van der Waals surface area (Å²) in [5.74, 6) is -0.209. The van der Waals surface area contributed by atoms with Crippen molar-refractivity contribution in [3.63, 3.8) is 0 Å². The van der Waals surface area contributed by atoms with Gasteiger partial charge in [-0.3, -0.25) is 19.3 Å². The van der Waals surface area contributed by atoms with Crippen LogP contribution in [0.3, 0.4) is 0 Å². The summed E-state index contributed by atoms with van der Waals surface area (Å²) in [6.45, 7) is 7.30. The third-order valence-electron chi connectivity index (χ3n) is 3.88. The van der Waals surface area contributed by atoms with Gasteiger partial charge in [0.25, 0.3) is 0 Å². The first-order valence-corrected chi connectivity index (χ1v) is 9.20. The second kappa shape index (κ2) is 7.87. The van der Waals surface area contributed by atoms with Crippen LogP contribution in [0.2, 0.25) is 0 Å². The molecule has 0 saturated carbocycles. The standard InChI is InChI=1S/C19H24N2O3S/c1-13(14-8-6-5-7-9-14)20-16(23)11-21-17(24)12-25-18(21)10-15(22)19(2,3)4/h5-10,13H,11-12H2,1-4H3,(H,20,23). The molecule has 1 atom stereocenters. The van der Waals surface area contributed by atoms with Crippen LogP contribution in [0.1, 0.15) is 39.3 Å². The van der Waals surface area contributed by atoms with Gasteiger partial charge in [0.1, 0.15) is 6.54 Å². The Morgan fingerprint density at radius 3 is 2.52 bits per heavy atom. The Morgan fingerprint density at radius 2 is 1.92 bits per heavy atom. The summed E-state index contributed by atoms with van der Waals surface area (Å²) in [5.41, 5.74) is 0.478. The van der Waals surface area contributed by atoms with Crippen LogP contribution in [-0.4, -0.2) is 34.8 Å². The van der Waals surface area contributed by atoms with Gasteiger partial charge in [-0.1, -0.05) is 62.9 Å². The van der Waals surface area contributed by atoms with Gasteiger partial charge in [0.15, 0.2) is 5.78 Å². The lowest BCUT2D eigenvalue weighted by atomic mass is 9.91. The van der Waals surface area contributed by atoms with Crippen LogP contribution in [0, 0.1) is 5.41 Å². The predicted molar refractivity (Wildman–Crippen MR) is 99.7 cm³/mol. The minimum atomic E-state index is -0.519. The Bertz CT molecular complexity index is 692. The van der Waals surface area contributed by atoms with E-state index in [1.54, 1.807) is 0 Å². The van der Waals surface area contributed by atoms with Crippen molar-refractivity contribution in [1.82, 2.24) is 10.2 Å². The van der Waals surface area contributed by atoms with Crippen LogP contribution in [0.25, 0.3) is 0 Å². The quantitative estimate of drug-likeness (QED) is 0.820. The number of carbonyl (C=O) groups excluding carboxylic acids is 3. The minimum Gasteiger partial charge on any atom is -0.348 e. The Balaban J connectivity index is 2.04. The molecule has 1 aliphatic heterocycles. The molecule has 6 heteroatoms. The van der Waals surface area contributed by atoms with Crippen LogP contribution in [0.15, 0.2) is 41.4 Å². The van der Waals surface area contributed by atoms with E-state index < -0.39 is 5.41 Å². The molecule has 1 saturated heterocycles. The Kier molecular flexibility index (Phi) is 6.06. The maximum Gasteiger partial charge on any atom is 0.240 e. The molecule has 1 aromatic rings. The molecule has 5 nitrogen and oxygen atoms in total. The van der Waals surface area contributed by atoms with Gasteiger partial charge in [-0.2, -0.15) is 0 Å². The second-order valence-corrected chi connectivity index (χ2v) is 8.06. The fourth-order valence-corrected chi connectivity index (χ4v) is 3.22. The first kappa shape index (κ1) is 19.2. The highest BCUT2D eigenvalue weighted by atomic mass is 32.2. The molecule has 1 aliphatic rings. The van der Waals surface area contributed by atoms with Crippen molar-refractivity contribution in [3.05, 3.63) is 47.0 Å².